The van der Waals surface area contributed by atoms with E-state index in [1.165, 1.54) is 0 Å². The average molecular weight is 230 g/mol. The fourth-order valence-electron chi connectivity index (χ4n) is 1.72. The number of aromatic hydroxyl groups is 1. The van der Waals surface area contributed by atoms with Crippen LogP contribution < -0.4 is 0 Å². The van der Waals surface area contributed by atoms with Crippen molar-refractivity contribution >= 4 is 6.29 Å². The summed E-state index contributed by atoms with van der Waals surface area (Å²) in [6, 6.07) is 6.78. The molecule has 0 saturated heterocycles. The third-order valence-electron chi connectivity index (χ3n) is 2.58. The zero-order chi connectivity index (χ0) is 12.4. The normalized spacial score (nSPS) is 10.8. The quantitative estimate of drug-likeness (QED) is 0.797. The number of nitrogens with one attached hydrogen (secondary N) is 1. The average Bonchev–Trinajstić information content (AvgIpc) is 2.74. The van der Waals surface area contributed by atoms with E-state index >= 15 is 0 Å². The molecule has 0 unspecified atom stereocenters. The molecule has 0 aliphatic carbocycles. The number of rotatable bonds is 3. The van der Waals surface area contributed by atoms with E-state index in [2.05, 4.69) is 9.97 Å². The molecule has 0 spiro atoms. The molecule has 2 aromatic rings. The van der Waals surface area contributed by atoms with Crippen LogP contribution in [-0.2, 0) is 0 Å². The minimum absolute atomic E-state index is 0.214. The summed E-state index contributed by atoms with van der Waals surface area (Å²) in [5, 5.41) is 9.25. The lowest BCUT2D eigenvalue weighted by Gasteiger charge is -2.05. The zero-order valence-electron chi connectivity index (χ0n) is 9.77. The number of hydrogen-bond donors (Lipinski definition) is 2. The van der Waals surface area contributed by atoms with Gasteiger partial charge in [0.25, 0.3) is 0 Å². The predicted octanol–water partition coefficient (Wildman–Crippen LogP) is 2.72. The molecule has 0 aliphatic rings. The van der Waals surface area contributed by atoms with Gasteiger partial charge in [-0.2, -0.15) is 0 Å². The molecular formula is C13H14N2O2. The molecule has 2 rings (SSSR count). The Labute approximate surface area is 99.3 Å². The molecule has 0 bridgehead atoms. The van der Waals surface area contributed by atoms with E-state index in [0.29, 0.717) is 12.1 Å². The lowest BCUT2D eigenvalue weighted by Crippen LogP contribution is -1.91. The van der Waals surface area contributed by atoms with Gasteiger partial charge in [0.05, 0.1) is 5.69 Å². The summed E-state index contributed by atoms with van der Waals surface area (Å²) in [6.45, 7) is 4.07. The maximum absolute atomic E-state index is 10.7. The van der Waals surface area contributed by atoms with Crippen molar-refractivity contribution in [3.8, 4) is 17.0 Å². The molecule has 17 heavy (non-hydrogen) atoms. The number of aromatic nitrogens is 2. The Balaban J connectivity index is 2.53. The van der Waals surface area contributed by atoms with Crippen LogP contribution in [0.1, 0.15) is 36.1 Å². The third kappa shape index (κ3) is 2.20. The van der Waals surface area contributed by atoms with Gasteiger partial charge in [0.15, 0.2) is 12.1 Å². The maximum atomic E-state index is 10.7. The highest BCUT2D eigenvalue weighted by atomic mass is 16.3. The summed E-state index contributed by atoms with van der Waals surface area (Å²) >= 11 is 0. The Morgan fingerprint density at radius 1 is 1.29 bits per heavy atom. The van der Waals surface area contributed by atoms with Crippen molar-refractivity contribution in [2.75, 3.05) is 0 Å². The smallest absolute Gasteiger partial charge is 0.185 e. The molecule has 88 valence electrons. The van der Waals surface area contributed by atoms with Gasteiger partial charge in [-0.05, 0) is 30.2 Å². The Kier molecular flexibility index (Phi) is 2.95. The number of H-pyrrole nitrogens is 1. The first-order valence-electron chi connectivity index (χ1n) is 5.46. The number of aromatic amines is 1. The standard InChI is InChI=1S/C13H14N2O2/c1-8(2)12-13(15-11(7-16)14-12)9-3-5-10(17)6-4-9/h3-8,17H,1-2H3,(H,14,15). The molecule has 0 saturated carbocycles. The van der Waals surface area contributed by atoms with Crippen molar-refractivity contribution in [2.24, 2.45) is 0 Å². The van der Waals surface area contributed by atoms with E-state index in [-0.39, 0.29) is 11.7 Å². The van der Waals surface area contributed by atoms with Crippen LogP contribution >= 0.6 is 0 Å². The van der Waals surface area contributed by atoms with Crippen LogP contribution in [0.25, 0.3) is 11.3 Å². The zero-order valence-corrected chi connectivity index (χ0v) is 9.77. The molecule has 0 atom stereocenters. The summed E-state index contributed by atoms with van der Waals surface area (Å²) < 4.78 is 0. The molecule has 1 heterocycles. The number of benzene rings is 1. The highest BCUT2D eigenvalue weighted by Gasteiger charge is 2.14. The molecule has 0 radical (unpaired) electrons. The number of aldehydes is 1. The number of nitrogens with zero attached hydrogens (tertiary/aromatic N) is 1. The van der Waals surface area contributed by atoms with E-state index < -0.39 is 0 Å². The Hall–Kier alpha value is -2.10. The summed E-state index contributed by atoms with van der Waals surface area (Å²) in [5.74, 6) is 0.794. The van der Waals surface area contributed by atoms with E-state index in [1.54, 1.807) is 24.3 Å². The van der Waals surface area contributed by atoms with Gasteiger partial charge in [0.2, 0.25) is 0 Å². The van der Waals surface area contributed by atoms with Crippen LogP contribution in [0.2, 0.25) is 0 Å². The summed E-state index contributed by atoms with van der Waals surface area (Å²) in [7, 11) is 0. The van der Waals surface area contributed by atoms with Crippen molar-refractivity contribution < 1.29 is 9.90 Å². The van der Waals surface area contributed by atoms with Crippen LogP contribution in [-0.4, -0.2) is 21.4 Å². The molecule has 0 amide bonds. The van der Waals surface area contributed by atoms with Gasteiger partial charge in [-0.25, -0.2) is 4.98 Å². The van der Waals surface area contributed by atoms with Gasteiger partial charge in [-0.15, -0.1) is 0 Å². The van der Waals surface area contributed by atoms with Crippen LogP contribution in [0.5, 0.6) is 5.75 Å². The highest BCUT2D eigenvalue weighted by Crippen LogP contribution is 2.27. The molecule has 4 heteroatoms. The molecule has 0 aliphatic heterocycles. The SMILES string of the molecule is CC(C)c1[nH]c(C=O)nc1-c1ccc(O)cc1. The van der Waals surface area contributed by atoms with Crippen LogP contribution in [0.3, 0.4) is 0 Å². The molecule has 1 aromatic carbocycles. The number of hydrogen-bond acceptors (Lipinski definition) is 3. The molecule has 2 N–H and O–H groups in total. The fourth-order valence-corrected chi connectivity index (χ4v) is 1.72. The van der Waals surface area contributed by atoms with E-state index in [4.69, 9.17) is 0 Å². The first kappa shape index (κ1) is 11.4. The molecule has 4 nitrogen and oxygen atoms in total. The first-order chi connectivity index (χ1) is 8.11. The lowest BCUT2D eigenvalue weighted by molar-refractivity contribution is 0.111. The second-order valence-corrected chi connectivity index (χ2v) is 4.20. The Morgan fingerprint density at radius 3 is 2.47 bits per heavy atom. The number of carbonyl (C=O) groups is 1. The van der Waals surface area contributed by atoms with Crippen molar-refractivity contribution in [1.29, 1.82) is 0 Å². The monoisotopic (exact) mass is 230 g/mol. The van der Waals surface area contributed by atoms with Gasteiger partial charge in [-0.1, -0.05) is 13.8 Å². The fraction of sp³-hybridized carbons (Fsp3) is 0.231. The van der Waals surface area contributed by atoms with Gasteiger partial charge in [-0.3, -0.25) is 4.79 Å². The van der Waals surface area contributed by atoms with E-state index in [1.807, 2.05) is 13.8 Å². The van der Waals surface area contributed by atoms with Gasteiger partial charge in [0.1, 0.15) is 5.75 Å². The third-order valence-corrected chi connectivity index (χ3v) is 2.58. The van der Waals surface area contributed by atoms with Gasteiger partial charge >= 0.3 is 0 Å². The lowest BCUT2D eigenvalue weighted by atomic mass is 10.0. The number of carbonyl (C=O) groups excluding carboxylic acids is 1. The largest absolute Gasteiger partial charge is 0.508 e. The van der Waals surface area contributed by atoms with E-state index in [9.17, 15) is 9.90 Å². The topological polar surface area (TPSA) is 66.0 Å². The minimum Gasteiger partial charge on any atom is -0.508 e. The van der Waals surface area contributed by atoms with Gasteiger partial charge in [0, 0.05) is 11.3 Å². The summed E-state index contributed by atoms with van der Waals surface area (Å²) in [4.78, 5) is 18.0. The van der Waals surface area contributed by atoms with E-state index in [0.717, 1.165) is 17.0 Å². The highest BCUT2D eigenvalue weighted by molar-refractivity contribution is 5.73. The first-order valence-corrected chi connectivity index (χ1v) is 5.46. The Bertz CT molecular complexity index is 527. The minimum atomic E-state index is 0.214. The van der Waals surface area contributed by atoms with Crippen LogP contribution in [0.15, 0.2) is 24.3 Å². The summed E-state index contributed by atoms with van der Waals surface area (Å²) in [5.41, 5.74) is 2.58. The van der Waals surface area contributed by atoms with Crippen molar-refractivity contribution in [2.45, 2.75) is 19.8 Å². The predicted molar refractivity (Wildman–Crippen MR) is 65.2 cm³/mol. The molecule has 1 aromatic heterocycles. The van der Waals surface area contributed by atoms with Crippen molar-refractivity contribution in [3.05, 3.63) is 35.8 Å². The molecular weight excluding hydrogens is 216 g/mol. The number of imidazole rings is 1. The molecule has 0 fully saturated rings. The van der Waals surface area contributed by atoms with Crippen LogP contribution in [0, 0.1) is 0 Å². The number of phenolic OH excluding ortho intramolecular Hbond substituents is 1. The number of phenols is 1. The Morgan fingerprint density at radius 2 is 1.94 bits per heavy atom. The second-order valence-electron chi connectivity index (χ2n) is 4.20. The van der Waals surface area contributed by atoms with Crippen LogP contribution in [0.4, 0.5) is 0 Å². The van der Waals surface area contributed by atoms with Crippen molar-refractivity contribution in [3.63, 3.8) is 0 Å². The van der Waals surface area contributed by atoms with Gasteiger partial charge < -0.3 is 10.1 Å². The maximum Gasteiger partial charge on any atom is 0.185 e. The second kappa shape index (κ2) is 4.41. The summed E-state index contributed by atoms with van der Waals surface area (Å²) in [6.07, 6.45) is 0.704. The van der Waals surface area contributed by atoms with Crippen molar-refractivity contribution in [1.82, 2.24) is 9.97 Å².